The van der Waals surface area contributed by atoms with Gasteiger partial charge in [-0.2, -0.15) is 13.2 Å². The van der Waals surface area contributed by atoms with Gasteiger partial charge in [-0.3, -0.25) is 9.36 Å². The number of hydrogen-bond acceptors (Lipinski definition) is 6. The van der Waals surface area contributed by atoms with E-state index < -0.39 is 40.2 Å². The normalized spacial score (nSPS) is 11.9. The molecule has 4 rings (SSSR count). The van der Waals surface area contributed by atoms with E-state index in [0.29, 0.717) is 5.39 Å². The molecule has 37 heavy (non-hydrogen) atoms. The fourth-order valence-corrected chi connectivity index (χ4v) is 5.69. The molecule has 0 atom stereocenters. The Morgan fingerprint density at radius 3 is 2.41 bits per heavy atom. The maximum Gasteiger partial charge on any atom is 0.405 e. The van der Waals surface area contributed by atoms with E-state index in [9.17, 15) is 35.6 Å². The molecule has 8 nitrogen and oxygen atoms in total. The van der Waals surface area contributed by atoms with Crippen molar-refractivity contribution in [2.75, 3.05) is 17.2 Å². The number of anilines is 2. The van der Waals surface area contributed by atoms with Gasteiger partial charge in [-0.25, -0.2) is 22.3 Å². The van der Waals surface area contributed by atoms with E-state index in [1.165, 1.54) is 54.7 Å². The summed E-state index contributed by atoms with van der Waals surface area (Å²) in [7, 11) is -4.19. The highest BCUT2D eigenvalue weighted by Gasteiger charge is 2.26. The van der Waals surface area contributed by atoms with Crippen LogP contribution in [0.4, 0.5) is 33.7 Å². The molecule has 0 saturated heterocycles. The number of rotatable bonds is 6. The number of hydrogen-bond donors (Lipinski definition) is 3. The van der Waals surface area contributed by atoms with Crippen LogP contribution in [0.5, 0.6) is 0 Å². The minimum Gasteiger partial charge on any atom is -0.376 e. The first kappa shape index (κ1) is 26.4. The molecule has 2 aromatic heterocycles. The quantitative estimate of drug-likeness (QED) is 0.270. The zero-order chi connectivity index (χ0) is 27.0. The maximum absolute atomic E-state index is 14.9. The van der Waals surface area contributed by atoms with Gasteiger partial charge in [-0.05, 0) is 60.0 Å². The molecule has 4 aromatic rings. The topological polar surface area (TPSA) is 109 Å². The van der Waals surface area contributed by atoms with Crippen LogP contribution < -0.4 is 20.9 Å². The van der Waals surface area contributed by atoms with E-state index >= 15 is 0 Å². The van der Waals surface area contributed by atoms with Crippen molar-refractivity contribution in [3.8, 4) is 5.69 Å². The van der Waals surface area contributed by atoms with Gasteiger partial charge in [-0.15, -0.1) is 11.3 Å². The van der Waals surface area contributed by atoms with Crippen LogP contribution in [0.1, 0.15) is 0 Å². The summed E-state index contributed by atoms with van der Waals surface area (Å²) in [6.07, 6.45) is -3.15. The third kappa shape index (κ3) is 6.21. The van der Waals surface area contributed by atoms with Crippen LogP contribution in [-0.2, 0) is 10.0 Å². The molecule has 0 spiro atoms. The lowest BCUT2D eigenvalue weighted by Gasteiger charge is -2.13. The van der Waals surface area contributed by atoms with Gasteiger partial charge in [0.15, 0.2) is 0 Å². The first-order valence-corrected chi connectivity index (χ1v) is 12.9. The Kier molecular flexibility index (Phi) is 7.17. The van der Waals surface area contributed by atoms with Gasteiger partial charge in [0, 0.05) is 23.0 Å². The van der Waals surface area contributed by atoms with Crippen LogP contribution >= 0.6 is 22.9 Å². The van der Waals surface area contributed by atoms with Gasteiger partial charge >= 0.3 is 12.2 Å². The molecule has 0 bridgehead atoms. The van der Waals surface area contributed by atoms with Crippen LogP contribution in [0, 0.1) is 5.82 Å². The van der Waals surface area contributed by atoms with Gasteiger partial charge in [0.25, 0.3) is 15.6 Å². The van der Waals surface area contributed by atoms with Crippen molar-refractivity contribution in [2.45, 2.75) is 10.4 Å². The van der Waals surface area contributed by atoms with Gasteiger partial charge in [0.05, 0.1) is 10.0 Å². The molecule has 2 amide bonds. The Morgan fingerprint density at radius 1 is 1.03 bits per heavy atom. The molecular formula is C22H15ClF4N4O4S2. The van der Waals surface area contributed by atoms with Gasteiger partial charge in [0.1, 0.15) is 16.6 Å². The van der Waals surface area contributed by atoms with Crippen molar-refractivity contribution in [1.82, 2.24) is 9.29 Å². The number of nitrogens with one attached hydrogen (secondary N) is 3. The van der Waals surface area contributed by atoms with Crippen molar-refractivity contribution in [3.05, 3.63) is 81.3 Å². The van der Waals surface area contributed by atoms with Crippen LogP contribution in [0.15, 0.2) is 69.8 Å². The number of sulfonamides is 1. The second-order valence-corrected chi connectivity index (χ2v) is 11.2. The molecule has 15 heteroatoms. The smallest absolute Gasteiger partial charge is 0.376 e. The number of amides is 2. The number of urea groups is 1. The molecule has 0 aliphatic rings. The molecule has 0 aliphatic carbocycles. The summed E-state index contributed by atoms with van der Waals surface area (Å²) in [6, 6.07) is 10.2. The highest BCUT2D eigenvalue weighted by molar-refractivity contribution is 7.92. The Labute approximate surface area is 215 Å². The van der Waals surface area contributed by atoms with E-state index in [1.807, 2.05) is 0 Å². The number of thiophene rings is 1. The number of alkyl halides is 3. The van der Waals surface area contributed by atoms with Crippen molar-refractivity contribution >= 4 is 61.1 Å². The van der Waals surface area contributed by atoms with Crippen LogP contribution in [0.2, 0.25) is 4.34 Å². The highest BCUT2D eigenvalue weighted by Crippen LogP contribution is 2.26. The summed E-state index contributed by atoms with van der Waals surface area (Å²) < 4.78 is 79.4. The largest absolute Gasteiger partial charge is 0.405 e. The summed E-state index contributed by atoms with van der Waals surface area (Å²) in [6.45, 7) is -1.24. The van der Waals surface area contributed by atoms with Gasteiger partial charge in [0.2, 0.25) is 0 Å². The van der Waals surface area contributed by atoms with E-state index in [-0.39, 0.29) is 31.0 Å². The monoisotopic (exact) mass is 574 g/mol. The number of nitrogens with zero attached hydrogens (tertiary/aromatic N) is 1. The first-order chi connectivity index (χ1) is 17.3. The summed E-state index contributed by atoms with van der Waals surface area (Å²) in [5.41, 5.74) is -0.727. The van der Waals surface area contributed by atoms with E-state index in [0.717, 1.165) is 22.0 Å². The van der Waals surface area contributed by atoms with Crippen LogP contribution in [-0.4, -0.2) is 31.7 Å². The van der Waals surface area contributed by atoms with Crippen molar-refractivity contribution in [1.29, 1.82) is 0 Å². The minimum absolute atomic E-state index is 0.0904. The maximum atomic E-state index is 14.9. The minimum atomic E-state index is -4.41. The molecule has 0 radical (unpaired) electrons. The van der Waals surface area contributed by atoms with Crippen molar-refractivity contribution in [3.63, 3.8) is 0 Å². The lowest BCUT2D eigenvalue weighted by atomic mass is 10.1. The number of fused-ring (bicyclic) bond motifs is 1. The number of carbonyl (C=O) groups is 1. The molecule has 0 unspecified atom stereocenters. The van der Waals surface area contributed by atoms with Crippen LogP contribution in [0.25, 0.3) is 16.5 Å². The van der Waals surface area contributed by atoms with Crippen molar-refractivity contribution in [2.24, 2.45) is 0 Å². The molecular weight excluding hydrogens is 560 g/mol. The average molecular weight is 575 g/mol. The predicted molar refractivity (Wildman–Crippen MR) is 133 cm³/mol. The lowest BCUT2D eigenvalue weighted by molar-refractivity contribution is -0.115. The second-order valence-electron chi connectivity index (χ2n) is 7.55. The number of halogens is 5. The third-order valence-corrected chi connectivity index (χ3v) is 7.96. The third-order valence-electron chi connectivity index (χ3n) is 4.90. The Balaban J connectivity index is 1.53. The number of aromatic nitrogens is 1. The molecule has 0 aliphatic heterocycles. The van der Waals surface area contributed by atoms with E-state index in [4.69, 9.17) is 11.6 Å². The average Bonchev–Trinajstić information content (AvgIpc) is 3.25. The summed E-state index contributed by atoms with van der Waals surface area (Å²) in [5.74, 6) is -0.907. The standard InChI is InChI=1S/C22H15ClF4N4O4S2/c23-18-5-6-19(36-18)37(34,35)30-21(33)29-14-2-4-17(16(24)10-14)31-8-7-12-9-13(28-11-22(25,26)27)1-3-15(12)20(31)32/h1-10,28H,11H2,(H2,29,30,33). The molecule has 2 heterocycles. The Bertz CT molecular complexity index is 1670. The SMILES string of the molecule is O=C(Nc1ccc(-n2ccc3cc(NCC(F)(F)F)ccc3c2=O)c(F)c1)NS(=O)(=O)c1ccc(Cl)s1. The summed E-state index contributed by atoms with van der Waals surface area (Å²) >= 11 is 6.46. The predicted octanol–water partition coefficient (Wildman–Crippen LogP) is 5.33. The van der Waals surface area contributed by atoms with Crippen LogP contribution in [0.3, 0.4) is 0 Å². The summed E-state index contributed by atoms with van der Waals surface area (Å²) in [4.78, 5) is 25.0. The Morgan fingerprint density at radius 2 is 1.76 bits per heavy atom. The second kappa shape index (κ2) is 10.0. The van der Waals surface area contributed by atoms with E-state index in [1.54, 1.807) is 4.72 Å². The molecule has 194 valence electrons. The summed E-state index contributed by atoms with van der Waals surface area (Å²) in [5, 5.41) is 4.90. The molecule has 3 N–H and O–H groups in total. The fraction of sp³-hybridized carbons (Fsp3) is 0.0909. The zero-order valence-electron chi connectivity index (χ0n) is 18.3. The fourth-order valence-electron chi connectivity index (χ4n) is 3.30. The lowest BCUT2D eigenvalue weighted by Crippen LogP contribution is -2.34. The van der Waals surface area contributed by atoms with Gasteiger partial charge in [-0.1, -0.05) is 11.6 Å². The first-order valence-electron chi connectivity index (χ1n) is 10.2. The number of pyridine rings is 1. The van der Waals surface area contributed by atoms with E-state index in [2.05, 4.69) is 10.6 Å². The number of carbonyl (C=O) groups excluding carboxylic acids is 1. The highest BCUT2D eigenvalue weighted by atomic mass is 35.5. The molecule has 0 fully saturated rings. The zero-order valence-corrected chi connectivity index (χ0v) is 20.7. The van der Waals surface area contributed by atoms with Crippen molar-refractivity contribution < 1.29 is 30.8 Å². The number of benzene rings is 2. The molecule has 2 aromatic carbocycles. The van der Waals surface area contributed by atoms with Gasteiger partial charge < -0.3 is 10.6 Å². The molecule has 0 saturated carbocycles. The Hall–Kier alpha value is -3.62.